The molecule has 7 heteroatoms. The van der Waals surface area contributed by atoms with Crippen LogP contribution in [0.3, 0.4) is 0 Å². The summed E-state index contributed by atoms with van der Waals surface area (Å²) in [4.78, 5) is 31.1. The highest BCUT2D eigenvalue weighted by atomic mass is 35.5. The van der Waals surface area contributed by atoms with Crippen LogP contribution in [-0.2, 0) is 20.5 Å². The van der Waals surface area contributed by atoms with E-state index in [0.717, 1.165) is 36.1 Å². The maximum absolute atomic E-state index is 12.0. The molecule has 0 aliphatic carbocycles. The van der Waals surface area contributed by atoms with E-state index >= 15 is 0 Å². The molecule has 0 bridgehead atoms. The van der Waals surface area contributed by atoms with Gasteiger partial charge in [-0.3, -0.25) is 13.9 Å². The SMILES string of the molecule is Cn1c(=O)c2[nH]c(CCCCCCl)nc2n(C)c1=O. The van der Waals surface area contributed by atoms with Gasteiger partial charge in [0.2, 0.25) is 0 Å². The fraction of sp³-hybridized carbons (Fsp3) is 0.583. The Morgan fingerprint density at radius 3 is 2.58 bits per heavy atom. The van der Waals surface area contributed by atoms with Gasteiger partial charge < -0.3 is 4.98 Å². The lowest BCUT2D eigenvalue weighted by molar-refractivity contribution is 0.700. The summed E-state index contributed by atoms with van der Waals surface area (Å²) in [6, 6.07) is 0. The number of unbranched alkanes of at least 4 members (excludes halogenated alkanes) is 2. The number of H-pyrrole nitrogens is 1. The molecule has 2 aromatic heterocycles. The van der Waals surface area contributed by atoms with E-state index in [1.54, 1.807) is 7.05 Å². The van der Waals surface area contributed by atoms with Crippen molar-refractivity contribution in [3.8, 4) is 0 Å². The third-order valence-electron chi connectivity index (χ3n) is 3.19. The molecule has 2 rings (SSSR count). The monoisotopic (exact) mass is 284 g/mol. The lowest BCUT2D eigenvalue weighted by atomic mass is 10.2. The summed E-state index contributed by atoms with van der Waals surface area (Å²) < 4.78 is 2.47. The number of aromatic nitrogens is 4. The number of hydrogen-bond donors (Lipinski definition) is 1. The molecule has 104 valence electrons. The number of imidazole rings is 1. The number of nitrogens with zero attached hydrogens (tertiary/aromatic N) is 3. The molecule has 2 aromatic rings. The molecule has 0 aliphatic rings. The van der Waals surface area contributed by atoms with Crippen LogP contribution in [0.15, 0.2) is 9.59 Å². The zero-order valence-corrected chi connectivity index (χ0v) is 11.8. The maximum atomic E-state index is 12.0. The van der Waals surface area contributed by atoms with Gasteiger partial charge in [0.05, 0.1) is 0 Å². The molecule has 0 saturated heterocycles. The van der Waals surface area contributed by atoms with E-state index in [1.165, 1.54) is 11.6 Å². The molecule has 6 nitrogen and oxygen atoms in total. The van der Waals surface area contributed by atoms with Gasteiger partial charge in [0.15, 0.2) is 5.65 Å². The zero-order valence-electron chi connectivity index (χ0n) is 11.1. The summed E-state index contributed by atoms with van der Waals surface area (Å²) in [5, 5.41) is 0. The summed E-state index contributed by atoms with van der Waals surface area (Å²) in [7, 11) is 3.08. The first-order valence-electron chi connectivity index (χ1n) is 6.27. The Kier molecular flexibility index (Phi) is 4.09. The molecule has 0 amide bonds. The average molecular weight is 285 g/mol. The van der Waals surface area contributed by atoms with Crippen molar-refractivity contribution in [1.29, 1.82) is 0 Å². The molecule has 0 fully saturated rings. The van der Waals surface area contributed by atoms with Crippen LogP contribution in [0.4, 0.5) is 0 Å². The van der Waals surface area contributed by atoms with E-state index in [1.807, 2.05) is 0 Å². The second kappa shape index (κ2) is 5.61. The van der Waals surface area contributed by atoms with Crippen molar-refractivity contribution in [2.45, 2.75) is 25.7 Å². The van der Waals surface area contributed by atoms with Gasteiger partial charge in [-0.2, -0.15) is 0 Å². The molecule has 0 radical (unpaired) electrons. The molecule has 2 heterocycles. The molecule has 0 unspecified atom stereocenters. The predicted molar refractivity (Wildman–Crippen MR) is 74.9 cm³/mol. The molecular weight excluding hydrogens is 268 g/mol. The molecule has 0 aromatic carbocycles. The fourth-order valence-corrected chi connectivity index (χ4v) is 2.24. The number of halogens is 1. The van der Waals surface area contributed by atoms with Crippen LogP contribution in [-0.4, -0.2) is 25.0 Å². The van der Waals surface area contributed by atoms with Gasteiger partial charge in [-0.15, -0.1) is 11.6 Å². The van der Waals surface area contributed by atoms with Crippen molar-refractivity contribution >= 4 is 22.8 Å². The minimum Gasteiger partial charge on any atom is -0.336 e. The number of hydrogen-bond acceptors (Lipinski definition) is 3. The van der Waals surface area contributed by atoms with E-state index in [9.17, 15) is 9.59 Å². The van der Waals surface area contributed by atoms with Gasteiger partial charge in [0.25, 0.3) is 5.56 Å². The molecule has 1 N–H and O–H groups in total. The predicted octanol–water partition coefficient (Wildman–Crippen LogP) is 0.912. The van der Waals surface area contributed by atoms with Crippen LogP contribution < -0.4 is 11.2 Å². The summed E-state index contributed by atoms with van der Waals surface area (Å²) in [6.07, 6.45) is 3.71. The van der Waals surface area contributed by atoms with E-state index in [0.29, 0.717) is 17.0 Å². The molecule has 19 heavy (non-hydrogen) atoms. The van der Waals surface area contributed by atoms with Gasteiger partial charge in [-0.25, -0.2) is 9.78 Å². The van der Waals surface area contributed by atoms with Crippen molar-refractivity contribution in [2.75, 3.05) is 5.88 Å². The largest absolute Gasteiger partial charge is 0.336 e. The van der Waals surface area contributed by atoms with Crippen LogP contribution in [0.25, 0.3) is 11.2 Å². The summed E-state index contributed by atoms with van der Waals surface area (Å²) in [5.74, 6) is 1.40. The van der Waals surface area contributed by atoms with Crippen LogP contribution >= 0.6 is 11.6 Å². The molecule has 0 aliphatic heterocycles. The normalized spacial score (nSPS) is 11.3. The Hall–Kier alpha value is -1.56. The minimum atomic E-state index is -0.363. The third kappa shape index (κ3) is 2.58. The highest BCUT2D eigenvalue weighted by Crippen LogP contribution is 2.08. The Morgan fingerprint density at radius 1 is 1.16 bits per heavy atom. The number of nitrogens with one attached hydrogen (secondary N) is 1. The lowest BCUT2D eigenvalue weighted by Crippen LogP contribution is -2.36. The van der Waals surface area contributed by atoms with Crippen molar-refractivity contribution in [2.24, 2.45) is 14.1 Å². The highest BCUT2D eigenvalue weighted by Gasteiger charge is 2.12. The molecule has 0 saturated carbocycles. The first kappa shape index (κ1) is 13.9. The quantitative estimate of drug-likeness (QED) is 0.655. The lowest BCUT2D eigenvalue weighted by Gasteiger charge is -2.00. The van der Waals surface area contributed by atoms with E-state index in [2.05, 4.69) is 9.97 Å². The molecule has 0 spiro atoms. The van der Waals surface area contributed by atoms with Gasteiger partial charge in [0, 0.05) is 26.4 Å². The third-order valence-corrected chi connectivity index (χ3v) is 3.46. The minimum absolute atomic E-state index is 0.336. The van der Waals surface area contributed by atoms with Crippen LogP contribution in [0.1, 0.15) is 25.1 Å². The first-order valence-corrected chi connectivity index (χ1v) is 6.80. The van der Waals surface area contributed by atoms with Crippen LogP contribution in [0.5, 0.6) is 0 Å². The first-order chi connectivity index (χ1) is 9.06. The van der Waals surface area contributed by atoms with Crippen molar-refractivity contribution < 1.29 is 0 Å². The summed E-state index contributed by atoms with van der Waals surface area (Å²) in [6.45, 7) is 0. The maximum Gasteiger partial charge on any atom is 0.332 e. The number of aryl methyl sites for hydroxylation is 2. The second-order valence-electron chi connectivity index (χ2n) is 4.59. The highest BCUT2D eigenvalue weighted by molar-refractivity contribution is 6.17. The smallest absolute Gasteiger partial charge is 0.332 e. The second-order valence-corrected chi connectivity index (χ2v) is 4.97. The van der Waals surface area contributed by atoms with Gasteiger partial charge >= 0.3 is 5.69 Å². The number of aromatic amines is 1. The fourth-order valence-electron chi connectivity index (χ4n) is 2.06. The Morgan fingerprint density at radius 2 is 1.89 bits per heavy atom. The Balaban J connectivity index is 2.36. The van der Waals surface area contributed by atoms with Gasteiger partial charge in [-0.05, 0) is 12.8 Å². The molecule has 0 atom stereocenters. The van der Waals surface area contributed by atoms with E-state index in [4.69, 9.17) is 11.6 Å². The number of alkyl halides is 1. The summed E-state index contributed by atoms with van der Waals surface area (Å²) >= 11 is 5.62. The molecular formula is C12H17ClN4O2. The van der Waals surface area contributed by atoms with Crippen molar-refractivity contribution in [3.63, 3.8) is 0 Å². The average Bonchev–Trinajstić information content (AvgIpc) is 2.83. The van der Waals surface area contributed by atoms with E-state index in [-0.39, 0.29) is 11.2 Å². The van der Waals surface area contributed by atoms with Crippen LogP contribution in [0.2, 0.25) is 0 Å². The van der Waals surface area contributed by atoms with Gasteiger partial charge in [-0.1, -0.05) is 6.42 Å². The van der Waals surface area contributed by atoms with Crippen LogP contribution in [0, 0.1) is 0 Å². The number of rotatable bonds is 5. The Bertz CT molecular complexity index is 698. The van der Waals surface area contributed by atoms with Gasteiger partial charge in [0.1, 0.15) is 11.3 Å². The van der Waals surface area contributed by atoms with Crippen molar-refractivity contribution in [1.82, 2.24) is 19.1 Å². The summed E-state index contributed by atoms with van der Waals surface area (Å²) in [5.41, 5.74) is 0.104. The Labute approximate surface area is 115 Å². The standard InChI is InChI=1S/C12H17ClN4O2/c1-16-10-9(11(18)17(2)12(16)19)14-8(15-10)6-4-3-5-7-13/h3-7H2,1-2H3,(H,14,15). The van der Waals surface area contributed by atoms with Crippen molar-refractivity contribution in [3.05, 3.63) is 26.7 Å². The topological polar surface area (TPSA) is 72.7 Å². The number of fused-ring (bicyclic) bond motifs is 1. The zero-order chi connectivity index (χ0) is 14.0. The van der Waals surface area contributed by atoms with E-state index < -0.39 is 0 Å².